The van der Waals surface area contributed by atoms with Gasteiger partial charge in [0, 0.05) is 4.90 Å². The molecule has 0 aromatic heterocycles. The largest absolute Gasteiger partial charge is 0.494 e. The maximum Gasteiger partial charge on any atom is 0.230 e. The van der Waals surface area contributed by atoms with Crippen LogP contribution in [0.5, 0.6) is 5.75 Å². The molecule has 1 N–H and O–H groups in total. The molecule has 1 amide bonds. The molecule has 3 rings (SSSR count). The van der Waals surface area contributed by atoms with Crippen LogP contribution in [0.3, 0.4) is 0 Å². The van der Waals surface area contributed by atoms with E-state index in [0.717, 1.165) is 29.9 Å². The van der Waals surface area contributed by atoms with Crippen molar-refractivity contribution in [2.24, 2.45) is 0 Å². The summed E-state index contributed by atoms with van der Waals surface area (Å²) in [6.07, 6.45) is 3.27. The molecule has 0 unspecified atom stereocenters. The second-order valence-electron chi connectivity index (χ2n) is 5.90. The molecule has 1 atom stereocenters. The molecule has 1 aliphatic rings. The Balaban J connectivity index is 1.53. The molecule has 0 fully saturated rings. The normalized spacial score (nSPS) is 16.3. The lowest BCUT2D eigenvalue weighted by Crippen LogP contribution is -2.32. The summed E-state index contributed by atoms with van der Waals surface area (Å²) in [6.45, 7) is 2.63. The highest BCUT2D eigenvalue weighted by molar-refractivity contribution is 8.00. The van der Waals surface area contributed by atoms with Crippen LogP contribution in [-0.4, -0.2) is 18.3 Å². The van der Waals surface area contributed by atoms with Crippen LogP contribution in [0.15, 0.2) is 53.4 Å². The first-order valence-corrected chi connectivity index (χ1v) is 9.47. The maximum atomic E-state index is 12.3. The number of ether oxygens (including phenoxy) is 1. The lowest BCUT2D eigenvalue weighted by Gasteiger charge is -2.26. The Morgan fingerprint density at radius 3 is 2.79 bits per heavy atom. The molecule has 3 nitrogen and oxygen atoms in total. The first kappa shape index (κ1) is 16.9. The summed E-state index contributed by atoms with van der Waals surface area (Å²) in [6, 6.07) is 16.5. The maximum absolute atomic E-state index is 12.3. The van der Waals surface area contributed by atoms with E-state index in [0.29, 0.717) is 12.4 Å². The van der Waals surface area contributed by atoms with Crippen molar-refractivity contribution in [1.82, 2.24) is 5.32 Å². The van der Waals surface area contributed by atoms with E-state index >= 15 is 0 Å². The van der Waals surface area contributed by atoms with Crippen LogP contribution >= 0.6 is 11.8 Å². The van der Waals surface area contributed by atoms with Crippen molar-refractivity contribution in [3.8, 4) is 5.75 Å². The molecule has 0 bridgehead atoms. The van der Waals surface area contributed by atoms with Gasteiger partial charge in [0.2, 0.25) is 5.91 Å². The Morgan fingerprint density at radius 2 is 2.00 bits per heavy atom. The summed E-state index contributed by atoms with van der Waals surface area (Å²) in [5.41, 5.74) is 2.65. The van der Waals surface area contributed by atoms with Crippen molar-refractivity contribution < 1.29 is 9.53 Å². The fourth-order valence-electron chi connectivity index (χ4n) is 3.09. The number of aryl methyl sites for hydroxylation is 1. The number of carbonyl (C=O) groups excluding carboxylic acids is 1. The second kappa shape index (κ2) is 8.25. The summed E-state index contributed by atoms with van der Waals surface area (Å²) in [4.78, 5) is 13.4. The summed E-state index contributed by atoms with van der Waals surface area (Å²) < 4.78 is 5.43. The highest BCUT2D eigenvalue weighted by Crippen LogP contribution is 2.29. The average Bonchev–Trinajstić information content (AvgIpc) is 2.62. The number of amides is 1. The third kappa shape index (κ3) is 4.32. The third-order valence-electron chi connectivity index (χ3n) is 4.21. The van der Waals surface area contributed by atoms with E-state index in [9.17, 15) is 4.79 Å². The quantitative estimate of drug-likeness (QED) is 0.793. The van der Waals surface area contributed by atoms with Gasteiger partial charge >= 0.3 is 0 Å². The molecular weight excluding hydrogens is 318 g/mol. The van der Waals surface area contributed by atoms with Crippen LogP contribution in [0, 0.1) is 0 Å². The van der Waals surface area contributed by atoms with Gasteiger partial charge in [0.25, 0.3) is 0 Å². The Morgan fingerprint density at radius 1 is 1.21 bits per heavy atom. The Hall–Kier alpha value is -1.94. The Kier molecular flexibility index (Phi) is 5.81. The van der Waals surface area contributed by atoms with Gasteiger partial charge in [-0.3, -0.25) is 4.79 Å². The second-order valence-corrected chi connectivity index (χ2v) is 6.95. The van der Waals surface area contributed by atoms with Gasteiger partial charge in [-0.05, 0) is 61.6 Å². The van der Waals surface area contributed by atoms with E-state index < -0.39 is 0 Å². The smallest absolute Gasteiger partial charge is 0.230 e. The van der Waals surface area contributed by atoms with Gasteiger partial charge in [0.05, 0.1) is 18.4 Å². The van der Waals surface area contributed by atoms with E-state index in [1.54, 1.807) is 11.8 Å². The number of fused-ring (bicyclic) bond motifs is 1. The zero-order valence-corrected chi connectivity index (χ0v) is 14.8. The molecule has 2 aromatic carbocycles. The molecule has 24 heavy (non-hydrogen) atoms. The van der Waals surface area contributed by atoms with Crippen molar-refractivity contribution in [2.75, 3.05) is 12.4 Å². The van der Waals surface area contributed by atoms with E-state index in [1.807, 2.05) is 31.2 Å². The molecule has 4 heteroatoms. The number of thioether (sulfide) groups is 1. The number of benzene rings is 2. The van der Waals surface area contributed by atoms with E-state index in [-0.39, 0.29) is 11.9 Å². The van der Waals surface area contributed by atoms with Gasteiger partial charge in [-0.1, -0.05) is 24.3 Å². The molecule has 0 aliphatic heterocycles. The minimum atomic E-state index is 0.0931. The highest BCUT2D eigenvalue weighted by Gasteiger charge is 2.21. The van der Waals surface area contributed by atoms with Crippen LogP contribution in [0.4, 0.5) is 0 Å². The van der Waals surface area contributed by atoms with Crippen molar-refractivity contribution in [1.29, 1.82) is 0 Å². The van der Waals surface area contributed by atoms with Crippen molar-refractivity contribution in [3.05, 3.63) is 59.7 Å². The number of rotatable bonds is 6. The fraction of sp³-hybridized carbons (Fsp3) is 0.350. The lowest BCUT2D eigenvalue weighted by atomic mass is 9.88. The molecule has 2 aromatic rings. The summed E-state index contributed by atoms with van der Waals surface area (Å²) in [5, 5.41) is 3.19. The predicted molar refractivity (Wildman–Crippen MR) is 98.6 cm³/mol. The van der Waals surface area contributed by atoms with Gasteiger partial charge in [0.1, 0.15) is 5.75 Å². The van der Waals surface area contributed by atoms with Crippen LogP contribution in [0.2, 0.25) is 0 Å². The molecule has 126 valence electrons. The molecule has 0 radical (unpaired) electrons. The van der Waals surface area contributed by atoms with Crippen LogP contribution in [-0.2, 0) is 11.2 Å². The number of carbonyl (C=O) groups is 1. The monoisotopic (exact) mass is 341 g/mol. The predicted octanol–water partition coefficient (Wildman–Crippen LogP) is 4.37. The SMILES string of the molecule is CCOc1ccc(SCC(=O)N[C@@H]2CCCc3ccccc32)cc1. The zero-order chi connectivity index (χ0) is 16.8. The summed E-state index contributed by atoms with van der Waals surface area (Å²) >= 11 is 1.56. The fourth-order valence-corrected chi connectivity index (χ4v) is 3.80. The van der Waals surface area contributed by atoms with E-state index in [4.69, 9.17) is 4.74 Å². The van der Waals surface area contributed by atoms with Crippen molar-refractivity contribution >= 4 is 17.7 Å². The van der Waals surface area contributed by atoms with Crippen molar-refractivity contribution in [2.45, 2.75) is 37.1 Å². The van der Waals surface area contributed by atoms with Crippen LogP contribution < -0.4 is 10.1 Å². The number of hydrogen-bond acceptors (Lipinski definition) is 3. The molecule has 1 aliphatic carbocycles. The average molecular weight is 341 g/mol. The van der Waals surface area contributed by atoms with Gasteiger partial charge in [0.15, 0.2) is 0 Å². The first-order valence-electron chi connectivity index (χ1n) is 8.49. The van der Waals surface area contributed by atoms with Gasteiger partial charge in [-0.2, -0.15) is 0 Å². The van der Waals surface area contributed by atoms with Gasteiger partial charge < -0.3 is 10.1 Å². The van der Waals surface area contributed by atoms with E-state index in [1.165, 1.54) is 11.1 Å². The van der Waals surface area contributed by atoms with Gasteiger partial charge in [-0.25, -0.2) is 0 Å². The van der Waals surface area contributed by atoms with E-state index in [2.05, 4.69) is 29.6 Å². The topological polar surface area (TPSA) is 38.3 Å². The van der Waals surface area contributed by atoms with Crippen molar-refractivity contribution in [3.63, 3.8) is 0 Å². The molecule has 0 heterocycles. The summed E-state index contributed by atoms with van der Waals surface area (Å²) in [7, 11) is 0. The Labute approximate surface area is 147 Å². The highest BCUT2D eigenvalue weighted by atomic mass is 32.2. The summed E-state index contributed by atoms with van der Waals surface area (Å²) in [5.74, 6) is 1.40. The zero-order valence-electron chi connectivity index (χ0n) is 14.0. The minimum Gasteiger partial charge on any atom is -0.494 e. The number of nitrogens with one attached hydrogen (secondary N) is 1. The van der Waals surface area contributed by atoms with Crippen LogP contribution in [0.25, 0.3) is 0 Å². The Bertz CT molecular complexity index is 684. The molecular formula is C20H23NO2S. The van der Waals surface area contributed by atoms with Crippen LogP contribution in [0.1, 0.15) is 36.9 Å². The lowest BCUT2D eigenvalue weighted by molar-refractivity contribution is -0.119. The molecule has 0 spiro atoms. The third-order valence-corrected chi connectivity index (χ3v) is 5.22. The standard InChI is InChI=1S/C20H23NO2S/c1-2-23-16-10-12-17(13-11-16)24-14-20(22)21-19-9-5-7-15-6-3-4-8-18(15)19/h3-4,6,8,10-13,19H,2,5,7,9,14H2,1H3,(H,21,22)/t19-/m1/s1. The van der Waals surface area contributed by atoms with Gasteiger partial charge in [-0.15, -0.1) is 11.8 Å². The first-order chi connectivity index (χ1) is 11.8. The minimum absolute atomic E-state index is 0.0931. The molecule has 0 saturated carbocycles. The number of hydrogen-bond donors (Lipinski definition) is 1. The molecule has 0 saturated heterocycles.